The Hall–Kier alpha value is -1.04. The third-order valence-corrected chi connectivity index (χ3v) is 4.01. The van der Waals surface area contributed by atoms with E-state index < -0.39 is 0 Å². The summed E-state index contributed by atoms with van der Waals surface area (Å²) < 4.78 is 0. The summed E-state index contributed by atoms with van der Waals surface area (Å²) in [5, 5.41) is 0. The first-order valence-corrected chi connectivity index (χ1v) is 8.57. The largest absolute Gasteiger partial charge is 0.0952 e. The van der Waals surface area contributed by atoms with E-state index in [0.29, 0.717) is 0 Å². The van der Waals surface area contributed by atoms with Crippen molar-refractivity contribution in [1.82, 2.24) is 0 Å². The lowest BCUT2D eigenvalue weighted by Gasteiger charge is -2.06. The summed E-state index contributed by atoms with van der Waals surface area (Å²) in [4.78, 5) is 0. The van der Waals surface area contributed by atoms with E-state index in [0.717, 1.165) is 6.42 Å². The summed E-state index contributed by atoms with van der Waals surface area (Å²) in [5.41, 5.74) is 2.61. The van der Waals surface area contributed by atoms with Crippen LogP contribution in [0.25, 0.3) is 5.57 Å². The summed E-state index contributed by atoms with van der Waals surface area (Å²) in [5.74, 6) is 0. The lowest BCUT2D eigenvalue weighted by molar-refractivity contribution is 0.558. The highest BCUT2D eigenvalue weighted by Gasteiger charge is 1.98. The number of allylic oxidation sites excluding steroid dienone is 1. The van der Waals surface area contributed by atoms with Gasteiger partial charge in [-0.05, 0) is 24.0 Å². The highest BCUT2D eigenvalue weighted by molar-refractivity contribution is 5.62. The van der Waals surface area contributed by atoms with Crippen molar-refractivity contribution in [3.05, 3.63) is 42.5 Å². The van der Waals surface area contributed by atoms with Crippen LogP contribution in [0.5, 0.6) is 0 Å². The number of hydrogen-bond acceptors (Lipinski definition) is 0. The van der Waals surface area contributed by atoms with Crippen LogP contribution >= 0.6 is 0 Å². The molecule has 0 radical (unpaired) electrons. The Bertz CT molecular complexity index is 336. The quantitative estimate of drug-likeness (QED) is 0.359. The molecule has 0 N–H and O–H groups in total. The van der Waals surface area contributed by atoms with Gasteiger partial charge >= 0.3 is 0 Å². The summed E-state index contributed by atoms with van der Waals surface area (Å²) in [6, 6.07) is 10.6. The van der Waals surface area contributed by atoms with Gasteiger partial charge in [-0.25, -0.2) is 0 Å². The minimum Gasteiger partial charge on any atom is -0.0952 e. The zero-order valence-corrected chi connectivity index (χ0v) is 13.4. The van der Waals surface area contributed by atoms with E-state index in [1.807, 2.05) is 0 Å². The highest BCUT2D eigenvalue weighted by Crippen LogP contribution is 2.19. The molecule has 0 unspecified atom stereocenters. The number of hydrogen-bond donors (Lipinski definition) is 0. The molecule has 112 valence electrons. The van der Waals surface area contributed by atoms with E-state index in [9.17, 15) is 0 Å². The van der Waals surface area contributed by atoms with Crippen LogP contribution in [0.1, 0.15) is 83.1 Å². The molecule has 0 spiro atoms. The summed E-state index contributed by atoms with van der Waals surface area (Å²) in [7, 11) is 0. The normalized spacial score (nSPS) is 10.7. The fourth-order valence-electron chi connectivity index (χ4n) is 2.64. The molecule has 0 heterocycles. The van der Waals surface area contributed by atoms with E-state index in [-0.39, 0.29) is 0 Å². The van der Waals surface area contributed by atoms with Gasteiger partial charge in [-0.2, -0.15) is 0 Å². The van der Waals surface area contributed by atoms with Crippen LogP contribution in [0, 0.1) is 0 Å². The number of unbranched alkanes of at least 4 members (excludes halogenated alkanes) is 9. The molecule has 0 bridgehead atoms. The molecule has 0 nitrogen and oxygen atoms in total. The molecular weight excluding hydrogens is 240 g/mol. The average molecular weight is 272 g/mol. The van der Waals surface area contributed by atoms with Gasteiger partial charge in [0.25, 0.3) is 0 Å². The predicted octanol–water partition coefficient (Wildman–Crippen LogP) is 7.01. The topological polar surface area (TPSA) is 0 Å². The van der Waals surface area contributed by atoms with Gasteiger partial charge in [-0.1, -0.05) is 102 Å². The molecule has 0 aliphatic heterocycles. The zero-order chi connectivity index (χ0) is 14.5. The number of rotatable bonds is 12. The van der Waals surface area contributed by atoms with E-state index in [4.69, 9.17) is 0 Å². The van der Waals surface area contributed by atoms with Crippen LogP contribution in [0.2, 0.25) is 0 Å². The van der Waals surface area contributed by atoms with Crippen molar-refractivity contribution in [1.29, 1.82) is 0 Å². The molecule has 0 aliphatic rings. The molecule has 0 aliphatic carbocycles. The molecule has 20 heavy (non-hydrogen) atoms. The van der Waals surface area contributed by atoms with Gasteiger partial charge in [0, 0.05) is 0 Å². The van der Waals surface area contributed by atoms with Gasteiger partial charge in [0.2, 0.25) is 0 Å². The first kappa shape index (κ1) is 17.0. The van der Waals surface area contributed by atoms with Crippen LogP contribution < -0.4 is 0 Å². The minimum atomic E-state index is 1.15. The van der Waals surface area contributed by atoms with Crippen LogP contribution in [0.15, 0.2) is 36.9 Å². The molecule has 1 aromatic carbocycles. The van der Waals surface area contributed by atoms with Crippen molar-refractivity contribution in [3.8, 4) is 0 Å². The van der Waals surface area contributed by atoms with Crippen LogP contribution in [0.4, 0.5) is 0 Å². The monoisotopic (exact) mass is 272 g/mol. The van der Waals surface area contributed by atoms with Gasteiger partial charge in [0.15, 0.2) is 0 Å². The SMILES string of the molecule is C=C(CCCCCCCCCCCC)c1ccccc1. The molecule has 0 saturated carbocycles. The molecule has 0 atom stereocenters. The second-order valence-corrected chi connectivity index (χ2v) is 5.90. The van der Waals surface area contributed by atoms with E-state index in [2.05, 4.69) is 43.8 Å². The van der Waals surface area contributed by atoms with Gasteiger partial charge in [0.1, 0.15) is 0 Å². The smallest absolute Gasteiger partial charge is 0.0230 e. The fourth-order valence-corrected chi connectivity index (χ4v) is 2.64. The Balaban J connectivity index is 1.91. The second-order valence-electron chi connectivity index (χ2n) is 5.90. The van der Waals surface area contributed by atoms with E-state index >= 15 is 0 Å². The van der Waals surface area contributed by atoms with Crippen molar-refractivity contribution in [2.75, 3.05) is 0 Å². The van der Waals surface area contributed by atoms with Gasteiger partial charge in [-0.3, -0.25) is 0 Å². The van der Waals surface area contributed by atoms with E-state index in [1.165, 1.54) is 75.3 Å². The molecular formula is C20H32. The first-order chi connectivity index (χ1) is 9.84. The fraction of sp³-hybridized carbons (Fsp3) is 0.600. The van der Waals surface area contributed by atoms with Gasteiger partial charge in [0.05, 0.1) is 0 Å². The minimum absolute atomic E-state index is 1.15. The maximum absolute atomic E-state index is 4.20. The maximum Gasteiger partial charge on any atom is -0.0230 e. The Morgan fingerprint density at radius 3 is 1.80 bits per heavy atom. The summed E-state index contributed by atoms with van der Waals surface area (Å²) >= 11 is 0. The molecule has 0 aromatic heterocycles. The van der Waals surface area contributed by atoms with Gasteiger partial charge in [-0.15, -0.1) is 0 Å². The van der Waals surface area contributed by atoms with Crippen molar-refractivity contribution in [3.63, 3.8) is 0 Å². The molecule has 1 rings (SSSR count). The first-order valence-electron chi connectivity index (χ1n) is 8.57. The highest BCUT2D eigenvalue weighted by atomic mass is 14.0. The van der Waals surface area contributed by atoms with Crippen molar-refractivity contribution in [2.45, 2.75) is 77.6 Å². The summed E-state index contributed by atoms with van der Waals surface area (Å²) in [6.45, 7) is 6.48. The lowest BCUT2D eigenvalue weighted by Crippen LogP contribution is -1.85. The Morgan fingerprint density at radius 1 is 0.750 bits per heavy atom. The average Bonchev–Trinajstić information content (AvgIpc) is 2.50. The van der Waals surface area contributed by atoms with Gasteiger partial charge < -0.3 is 0 Å². The third kappa shape index (κ3) is 8.19. The predicted molar refractivity (Wildman–Crippen MR) is 91.9 cm³/mol. The Kier molecular flexibility index (Phi) is 10.0. The molecule has 0 heteroatoms. The maximum atomic E-state index is 4.20. The zero-order valence-electron chi connectivity index (χ0n) is 13.4. The Morgan fingerprint density at radius 2 is 1.25 bits per heavy atom. The van der Waals surface area contributed by atoms with Crippen LogP contribution in [-0.4, -0.2) is 0 Å². The summed E-state index contributed by atoms with van der Waals surface area (Å²) in [6.07, 6.45) is 15.2. The molecule has 1 aromatic rings. The third-order valence-electron chi connectivity index (χ3n) is 4.01. The molecule has 0 saturated heterocycles. The van der Waals surface area contributed by atoms with Crippen LogP contribution in [0.3, 0.4) is 0 Å². The van der Waals surface area contributed by atoms with E-state index in [1.54, 1.807) is 0 Å². The number of benzene rings is 1. The standard InChI is InChI=1S/C20H32/c1-3-4-5-6-7-8-9-10-11-13-16-19(2)20-17-14-12-15-18-20/h12,14-15,17-18H,2-11,13,16H2,1H3. The van der Waals surface area contributed by atoms with Crippen molar-refractivity contribution in [2.24, 2.45) is 0 Å². The second kappa shape index (κ2) is 11.8. The molecule has 0 fully saturated rings. The van der Waals surface area contributed by atoms with Crippen molar-refractivity contribution >= 4 is 5.57 Å². The molecule has 0 amide bonds. The Labute approximate surface area is 126 Å². The van der Waals surface area contributed by atoms with Crippen LogP contribution in [-0.2, 0) is 0 Å². The lowest BCUT2D eigenvalue weighted by atomic mass is 10.00. The van der Waals surface area contributed by atoms with Crippen molar-refractivity contribution < 1.29 is 0 Å².